The number of rotatable bonds is 4. The van der Waals surface area contributed by atoms with E-state index in [1.54, 1.807) is 31.3 Å². The average molecular weight is 331 g/mol. The third kappa shape index (κ3) is 3.26. The van der Waals surface area contributed by atoms with Gasteiger partial charge in [0.05, 0.1) is 17.4 Å². The van der Waals surface area contributed by atoms with Crippen LogP contribution in [-0.4, -0.2) is 46.8 Å². The molecular weight excluding hydrogens is 310 g/mol. The zero-order chi connectivity index (χ0) is 17.3. The smallest absolute Gasteiger partial charge is 0.255 e. The highest BCUT2D eigenvalue weighted by molar-refractivity contribution is 5.94. The van der Waals surface area contributed by atoms with Crippen molar-refractivity contribution < 1.29 is 14.1 Å². The normalized spacial score (nSPS) is 20.5. The van der Waals surface area contributed by atoms with Crippen LogP contribution in [0.4, 0.5) is 0 Å². The van der Waals surface area contributed by atoms with E-state index in [1.807, 2.05) is 13.0 Å². The minimum absolute atomic E-state index is 0.0492. The molecule has 1 amide bonds. The molecule has 1 saturated heterocycles. The van der Waals surface area contributed by atoms with Crippen LogP contribution in [0.3, 0.4) is 0 Å². The van der Waals surface area contributed by atoms with E-state index in [1.165, 1.54) is 10.6 Å². The minimum atomic E-state index is -0.138. The SMILES string of the molecule is CO[C@H]1CN(C(=O)c2ccc(=O)n(C)c2)C[C@H]1Cc1cc(C)no1. The lowest BCUT2D eigenvalue weighted by atomic mass is 10.0. The number of pyridine rings is 1. The molecule has 3 heterocycles. The molecule has 24 heavy (non-hydrogen) atoms. The second kappa shape index (κ2) is 6.60. The van der Waals surface area contributed by atoms with Crippen molar-refractivity contribution in [3.63, 3.8) is 0 Å². The maximum absolute atomic E-state index is 12.7. The summed E-state index contributed by atoms with van der Waals surface area (Å²) in [5.41, 5.74) is 1.21. The molecule has 2 atom stereocenters. The minimum Gasteiger partial charge on any atom is -0.379 e. The third-order valence-corrected chi connectivity index (χ3v) is 4.44. The number of nitrogens with zero attached hydrogens (tertiary/aromatic N) is 3. The van der Waals surface area contributed by atoms with Crippen molar-refractivity contribution in [3.05, 3.63) is 51.8 Å². The highest BCUT2D eigenvalue weighted by Crippen LogP contribution is 2.25. The second-order valence-electron chi connectivity index (χ2n) is 6.25. The molecule has 7 heteroatoms. The van der Waals surface area contributed by atoms with E-state index in [0.29, 0.717) is 25.1 Å². The first-order valence-corrected chi connectivity index (χ1v) is 7.89. The number of ether oxygens (including phenoxy) is 1. The van der Waals surface area contributed by atoms with E-state index in [4.69, 9.17) is 9.26 Å². The molecule has 0 radical (unpaired) electrons. The predicted molar refractivity (Wildman–Crippen MR) is 86.8 cm³/mol. The first kappa shape index (κ1) is 16.4. The monoisotopic (exact) mass is 331 g/mol. The second-order valence-corrected chi connectivity index (χ2v) is 6.25. The van der Waals surface area contributed by atoms with Crippen molar-refractivity contribution in [2.75, 3.05) is 20.2 Å². The van der Waals surface area contributed by atoms with Gasteiger partial charge in [0.15, 0.2) is 0 Å². The number of hydrogen-bond acceptors (Lipinski definition) is 5. The molecule has 3 rings (SSSR count). The molecule has 1 fully saturated rings. The third-order valence-electron chi connectivity index (χ3n) is 4.44. The van der Waals surface area contributed by atoms with Crippen LogP contribution in [0.1, 0.15) is 21.8 Å². The van der Waals surface area contributed by atoms with Crippen LogP contribution < -0.4 is 5.56 Å². The number of hydrogen-bond donors (Lipinski definition) is 0. The van der Waals surface area contributed by atoms with Gasteiger partial charge in [0, 0.05) is 57.9 Å². The number of carbonyl (C=O) groups is 1. The van der Waals surface area contributed by atoms with Gasteiger partial charge < -0.3 is 18.7 Å². The summed E-state index contributed by atoms with van der Waals surface area (Å²) in [7, 11) is 3.29. The Morgan fingerprint density at radius 1 is 1.42 bits per heavy atom. The zero-order valence-electron chi connectivity index (χ0n) is 14.1. The van der Waals surface area contributed by atoms with Crippen LogP contribution in [0, 0.1) is 12.8 Å². The van der Waals surface area contributed by atoms with Crippen molar-refractivity contribution in [3.8, 4) is 0 Å². The van der Waals surface area contributed by atoms with E-state index in [0.717, 1.165) is 11.5 Å². The van der Waals surface area contributed by atoms with E-state index in [2.05, 4.69) is 5.16 Å². The lowest BCUT2D eigenvalue weighted by Crippen LogP contribution is -2.31. The summed E-state index contributed by atoms with van der Waals surface area (Å²) >= 11 is 0. The number of carbonyl (C=O) groups excluding carboxylic acids is 1. The lowest BCUT2D eigenvalue weighted by molar-refractivity contribution is 0.0672. The molecule has 2 aromatic rings. The molecule has 0 aliphatic carbocycles. The van der Waals surface area contributed by atoms with Gasteiger partial charge in [0.1, 0.15) is 5.76 Å². The number of amides is 1. The Kier molecular flexibility index (Phi) is 4.53. The van der Waals surface area contributed by atoms with Gasteiger partial charge in [0.25, 0.3) is 5.91 Å². The maximum atomic E-state index is 12.7. The maximum Gasteiger partial charge on any atom is 0.255 e. The van der Waals surface area contributed by atoms with Crippen LogP contribution in [0.5, 0.6) is 0 Å². The van der Waals surface area contributed by atoms with Gasteiger partial charge in [-0.3, -0.25) is 9.59 Å². The first-order valence-electron chi connectivity index (χ1n) is 7.89. The molecule has 0 aromatic carbocycles. The molecule has 1 aliphatic rings. The van der Waals surface area contributed by atoms with Crippen molar-refractivity contribution in [1.29, 1.82) is 0 Å². The zero-order valence-corrected chi connectivity index (χ0v) is 14.1. The largest absolute Gasteiger partial charge is 0.379 e. The molecule has 0 bridgehead atoms. The van der Waals surface area contributed by atoms with Gasteiger partial charge in [-0.25, -0.2) is 0 Å². The van der Waals surface area contributed by atoms with Gasteiger partial charge in [-0.2, -0.15) is 0 Å². The number of likely N-dealkylation sites (tertiary alicyclic amines) is 1. The molecule has 0 spiro atoms. The Labute approximate surface area is 139 Å². The Bertz CT molecular complexity index is 795. The van der Waals surface area contributed by atoms with Crippen LogP contribution in [0.2, 0.25) is 0 Å². The Morgan fingerprint density at radius 3 is 2.83 bits per heavy atom. The highest BCUT2D eigenvalue weighted by atomic mass is 16.5. The molecule has 7 nitrogen and oxygen atoms in total. The van der Waals surface area contributed by atoms with Gasteiger partial charge in [-0.15, -0.1) is 0 Å². The van der Waals surface area contributed by atoms with E-state index < -0.39 is 0 Å². The number of methoxy groups -OCH3 is 1. The number of aryl methyl sites for hydroxylation is 2. The summed E-state index contributed by atoms with van der Waals surface area (Å²) in [6, 6.07) is 4.88. The fraction of sp³-hybridized carbons (Fsp3) is 0.471. The molecule has 0 saturated carbocycles. The van der Waals surface area contributed by atoms with Crippen molar-refractivity contribution in [2.45, 2.75) is 19.4 Å². The molecule has 128 valence electrons. The summed E-state index contributed by atoms with van der Waals surface area (Å²) in [4.78, 5) is 25.9. The standard InChI is InChI=1S/C17H21N3O4/c1-11-6-14(24-18-11)7-13-9-20(10-15(13)23-3)17(22)12-4-5-16(21)19(2)8-12/h4-6,8,13,15H,7,9-10H2,1-3H3/t13-,15+/m1/s1. The first-order chi connectivity index (χ1) is 11.5. The van der Waals surface area contributed by atoms with Gasteiger partial charge >= 0.3 is 0 Å². The quantitative estimate of drug-likeness (QED) is 0.836. The Balaban J connectivity index is 1.74. The average Bonchev–Trinajstić information content (AvgIpc) is 3.16. The van der Waals surface area contributed by atoms with Crippen molar-refractivity contribution >= 4 is 5.91 Å². The van der Waals surface area contributed by atoms with Crippen molar-refractivity contribution in [2.24, 2.45) is 13.0 Å². The molecule has 1 aliphatic heterocycles. The fourth-order valence-electron chi connectivity index (χ4n) is 3.14. The topological polar surface area (TPSA) is 77.6 Å². The molecule has 2 aromatic heterocycles. The lowest BCUT2D eigenvalue weighted by Gasteiger charge is -2.16. The summed E-state index contributed by atoms with van der Waals surface area (Å²) < 4.78 is 12.2. The van der Waals surface area contributed by atoms with Crippen molar-refractivity contribution in [1.82, 2.24) is 14.6 Å². The van der Waals surface area contributed by atoms with Crippen LogP contribution in [0.25, 0.3) is 0 Å². The van der Waals surface area contributed by atoms with Gasteiger partial charge in [-0.05, 0) is 13.0 Å². The predicted octanol–water partition coefficient (Wildman–Crippen LogP) is 1.01. The summed E-state index contributed by atoms with van der Waals surface area (Å²) in [5.74, 6) is 0.860. The Morgan fingerprint density at radius 2 is 2.21 bits per heavy atom. The van der Waals surface area contributed by atoms with Crippen LogP contribution in [-0.2, 0) is 18.2 Å². The van der Waals surface area contributed by atoms with Crippen LogP contribution in [0.15, 0.2) is 33.7 Å². The van der Waals surface area contributed by atoms with Gasteiger partial charge in [-0.1, -0.05) is 5.16 Å². The summed E-state index contributed by atoms with van der Waals surface area (Å²) in [5, 5.41) is 3.90. The van der Waals surface area contributed by atoms with Crippen LogP contribution >= 0.6 is 0 Å². The Hall–Kier alpha value is -2.41. The molecule has 0 unspecified atom stereocenters. The summed E-state index contributed by atoms with van der Waals surface area (Å²) in [6.07, 6.45) is 2.20. The fourth-order valence-corrected chi connectivity index (χ4v) is 3.14. The molecular formula is C17H21N3O4. The highest BCUT2D eigenvalue weighted by Gasteiger charge is 2.36. The number of aromatic nitrogens is 2. The van der Waals surface area contributed by atoms with E-state index >= 15 is 0 Å². The summed E-state index contributed by atoms with van der Waals surface area (Å²) in [6.45, 7) is 2.99. The van der Waals surface area contributed by atoms with Gasteiger partial charge in [0.2, 0.25) is 5.56 Å². The van der Waals surface area contributed by atoms with E-state index in [9.17, 15) is 9.59 Å². The molecule has 0 N–H and O–H groups in total. The van der Waals surface area contributed by atoms with E-state index in [-0.39, 0.29) is 23.5 Å².